The van der Waals surface area contributed by atoms with E-state index in [-0.39, 0.29) is 12.1 Å². The van der Waals surface area contributed by atoms with Crippen molar-refractivity contribution >= 4 is 22.9 Å². The van der Waals surface area contributed by atoms with Gasteiger partial charge in [0.25, 0.3) is 0 Å². The molecule has 5 rings (SSSR count). The molecule has 3 heterocycles. The number of nitrogens with two attached hydrogens (primary N) is 1. The van der Waals surface area contributed by atoms with E-state index in [2.05, 4.69) is 9.97 Å². The number of para-hydroxylation sites is 1. The number of ether oxygens (including phenoxy) is 2. The van der Waals surface area contributed by atoms with Gasteiger partial charge in [-0.25, -0.2) is 19.4 Å². The summed E-state index contributed by atoms with van der Waals surface area (Å²) < 4.78 is 13.4. The third-order valence-corrected chi connectivity index (χ3v) is 6.09. The van der Waals surface area contributed by atoms with E-state index in [9.17, 15) is 4.79 Å². The standard InChI is InChI=1S/C27H30N6O3.C2H6/c1-27(2,3)36-26(34)32-15-13-19(14-16-32)33-25-22(24(28)29-17-30-25)23(31-33)18-9-11-21(12-10-18)35-20-7-5-4-6-8-20;1-2/h4-12,17,19H,13-16H2,1-3H3,(H2,28,29,30);1-2H3. The van der Waals surface area contributed by atoms with Crippen LogP contribution in [0.1, 0.15) is 53.5 Å². The average Bonchev–Trinajstić information content (AvgIpc) is 3.31. The van der Waals surface area contributed by atoms with E-state index in [1.807, 2.05) is 93.9 Å². The number of carbonyl (C=O) groups excluding carboxylic acids is 1. The number of nitrogens with zero attached hydrogens (tertiary/aromatic N) is 5. The van der Waals surface area contributed by atoms with Crippen LogP contribution in [0.2, 0.25) is 0 Å². The Kier molecular flexibility index (Phi) is 8.14. The van der Waals surface area contributed by atoms with Crippen molar-refractivity contribution in [1.82, 2.24) is 24.6 Å². The first-order chi connectivity index (χ1) is 18.3. The Morgan fingerprint density at radius 3 is 2.21 bits per heavy atom. The zero-order chi connectivity index (χ0) is 27.3. The second-order valence-corrected chi connectivity index (χ2v) is 9.89. The highest BCUT2D eigenvalue weighted by Crippen LogP contribution is 2.35. The van der Waals surface area contributed by atoms with Gasteiger partial charge in [-0.3, -0.25) is 0 Å². The van der Waals surface area contributed by atoms with Gasteiger partial charge < -0.3 is 20.1 Å². The Hall–Kier alpha value is -4.14. The molecule has 2 aromatic carbocycles. The van der Waals surface area contributed by atoms with Crippen LogP contribution < -0.4 is 10.5 Å². The van der Waals surface area contributed by atoms with Crippen molar-refractivity contribution in [2.24, 2.45) is 0 Å². The summed E-state index contributed by atoms with van der Waals surface area (Å²) in [5.74, 6) is 1.89. The molecule has 2 N–H and O–H groups in total. The third kappa shape index (κ3) is 6.04. The molecule has 0 aliphatic carbocycles. The quantitative estimate of drug-likeness (QED) is 0.331. The van der Waals surface area contributed by atoms with Crippen molar-refractivity contribution in [3.63, 3.8) is 0 Å². The van der Waals surface area contributed by atoms with Crippen molar-refractivity contribution in [1.29, 1.82) is 0 Å². The fraction of sp³-hybridized carbons (Fsp3) is 0.379. The second-order valence-electron chi connectivity index (χ2n) is 9.89. The van der Waals surface area contributed by atoms with Crippen LogP contribution in [-0.4, -0.2) is 49.4 Å². The van der Waals surface area contributed by atoms with Gasteiger partial charge in [0.2, 0.25) is 0 Å². The average molecular weight is 517 g/mol. The molecule has 200 valence electrons. The molecule has 1 aliphatic heterocycles. The van der Waals surface area contributed by atoms with Gasteiger partial charge in [-0.05, 0) is 70.0 Å². The first-order valence-corrected chi connectivity index (χ1v) is 13.1. The molecule has 4 aromatic rings. The number of nitrogen functional groups attached to an aromatic ring is 1. The first-order valence-electron chi connectivity index (χ1n) is 13.1. The van der Waals surface area contributed by atoms with Gasteiger partial charge in [-0.2, -0.15) is 5.10 Å². The van der Waals surface area contributed by atoms with E-state index in [1.54, 1.807) is 4.90 Å². The van der Waals surface area contributed by atoms with Gasteiger partial charge in [0.1, 0.15) is 34.9 Å². The molecule has 0 unspecified atom stereocenters. The molecule has 9 nitrogen and oxygen atoms in total. The van der Waals surface area contributed by atoms with Gasteiger partial charge in [-0.15, -0.1) is 0 Å². The summed E-state index contributed by atoms with van der Waals surface area (Å²) in [6, 6.07) is 17.5. The number of fused-ring (bicyclic) bond motifs is 1. The maximum atomic E-state index is 12.5. The first kappa shape index (κ1) is 26.9. The van der Waals surface area contributed by atoms with Gasteiger partial charge in [0.05, 0.1) is 11.4 Å². The van der Waals surface area contributed by atoms with E-state index in [0.29, 0.717) is 24.6 Å². The highest BCUT2D eigenvalue weighted by atomic mass is 16.6. The molecule has 1 aliphatic rings. The lowest BCUT2D eigenvalue weighted by atomic mass is 10.1. The maximum absolute atomic E-state index is 12.5. The fourth-order valence-electron chi connectivity index (χ4n) is 4.38. The van der Waals surface area contributed by atoms with Gasteiger partial charge in [-0.1, -0.05) is 32.0 Å². The van der Waals surface area contributed by atoms with Crippen molar-refractivity contribution in [2.75, 3.05) is 18.8 Å². The van der Waals surface area contributed by atoms with Crippen LogP contribution in [0.15, 0.2) is 60.9 Å². The number of likely N-dealkylation sites (tertiary alicyclic amines) is 1. The van der Waals surface area contributed by atoms with Crippen molar-refractivity contribution in [3.05, 3.63) is 60.9 Å². The summed E-state index contributed by atoms with van der Waals surface area (Å²) in [6.07, 6.45) is 2.66. The van der Waals surface area contributed by atoms with Crippen LogP contribution in [0.5, 0.6) is 11.5 Å². The highest BCUT2D eigenvalue weighted by molar-refractivity contribution is 5.98. The Balaban J connectivity index is 0.00000164. The molecule has 0 radical (unpaired) electrons. The van der Waals surface area contributed by atoms with Crippen LogP contribution in [0.3, 0.4) is 0 Å². The molecule has 0 atom stereocenters. The molecule has 0 spiro atoms. The predicted octanol–water partition coefficient (Wildman–Crippen LogP) is 6.47. The number of hydrogen-bond acceptors (Lipinski definition) is 7. The molecule has 38 heavy (non-hydrogen) atoms. The molecular weight excluding hydrogens is 480 g/mol. The number of rotatable bonds is 4. The minimum absolute atomic E-state index is 0.0786. The van der Waals surface area contributed by atoms with Crippen molar-refractivity contribution in [3.8, 4) is 22.8 Å². The number of amides is 1. The second kappa shape index (κ2) is 11.5. The molecule has 1 amide bonds. The van der Waals surface area contributed by atoms with Gasteiger partial charge in [0, 0.05) is 18.7 Å². The molecule has 0 bridgehead atoms. The van der Waals surface area contributed by atoms with Crippen LogP contribution in [0.25, 0.3) is 22.3 Å². The van der Waals surface area contributed by atoms with Crippen LogP contribution >= 0.6 is 0 Å². The SMILES string of the molecule is CC.CC(C)(C)OC(=O)N1CCC(n2nc(-c3ccc(Oc4ccccc4)cc3)c3c(N)ncnc32)CC1. The van der Waals surface area contributed by atoms with E-state index in [4.69, 9.17) is 20.3 Å². The zero-order valence-electron chi connectivity index (χ0n) is 22.7. The summed E-state index contributed by atoms with van der Waals surface area (Å²) >= 11 is 0. The minimum Gasteiger partial charge on any atom is -0.457 e. The van der Waals surface area contributed by atoms with E-state index >= 15 is 0 Å². The number of aromatic nitrogens is 4. The van der Waals surface area contributed by atoms with Crippen LogP contribution in [0.4, 0.5) is 10.6 Å². The number of carbonyl (C=O) groups is 1. The molecular formula is C29H36N6O3. The predicted molar refractivity (Wildman–Crippen MR) is 149 cm³/mol. The lowest BCUT2D eigenvalue weighted by Crippen LogP contribution is -2.42. The maximum Gasteiger partial charge on any atom is 0.410 e. The molecule has 1 saturated heterocycles. The summed E-state index contributed by atoms with van der Waals surface area (Å²) in [7, 11) is 0. The van der Waals surface area contributed by atoms with Gasteiger partial charge >= 0.3 is 6.09 Å². The monoisotopic (exact) mass is 516 g/mol. The summed E-state index contributed by atoms with van der Waals surface area (Å²) in [5, 5.41) is 5.67. The summed E-state index contributed by atoms with van der Waals surface area (Å²) in [6.45, 7) is 10.8. The Morgan fingerprint density at radius 1 is 0.947 bits per heavy atom. The number of benzene rings is 2. The Morgan fingerprint density at radius 2 is 1.58 bits per heavy atom. The number of hydrogen-bond donors (Lipinski definition) is 1. The molecule has 1 fully saturated rings. The summed E-state index contributed by atoms with van der Waals surface area (Å²) in [4.78, 5) is 23.0. The van der Waals surface area contributed by atoms with Crippen LogP contribution in [0, 0.1) is 0 Å². The van der Waals surface area contributed by atoms with Crippen molar-refractivity contribution < 1.29 is 14.3 Å². The molecule has 9 heteroatoms. The minimum atomic E-state index is -0.517. The lowest BCUT2D eigenvalue weighted by Gasteiger charge is -2.33. The zero-order valence-corrected chi connectivity index (χ0v) is 22.7. The number of anilines is 1. The smallest absolute Gasteiger partial charge is 0.410 e. The fourth-order valence-corrected chi connectivity index (χ4v) is 4.38. The Labute approximate surface area is 223 Å². The van der Waals surface area contributed by atoms with Gasteiger partial charge in [0.15, 0.2) is 5.65 Å². The Bertz CT molecular complexity index is 1360. The van der Waals surface area contributed by atoms with Crippen LogP contribution in [-0.2, 0) is 4.74 Å². The van der Waals surface area contributed by atoms with Crippen molar-refractivity contribution in [2.45, 2.75) is 59.1 Å². The van der Waals surface area contributed by atoms with E-state index in [0.717, 1.165) is 41.0 Å². The normalized spacial score (nSPS) is 14.1. The highest BCUT2D eigenvalue weighted by Gasteiger charge is 2.30. The van der Waals surface area contributed by atoms with E-state index in [1.165, 1.54) is 6.33 Å². The topological polar surface area (TPSA) is 108 Å². The summed E-state index contributed by atoms with van der Waals surface area (Å²) in [5.41, 5.74) is 8.09. The molecule has 2 aromatic heterocycles. The largest absolute Gasteiger partial charge is 0.457 e. The van der Waals surface area contributed by atoms with E-state index < -0.39 is 5.60 Å². The molecule has 0 saturated carbocycles. The number of piperidine rings is 1. The lowest BCUT2D eigenvalue weighted by molar-refractivity contribution is 0.0186. The third-order valence-electron chi connectivity index (χ3n) is 6.09.